The zero-order chi connectivity index (χ0) is 15.5. The van der Waals surface area contributed by atoms with Crippen molar-refractivity contribution in [2.75, 3.05) is 7.05 Å². The summed E-state index contributed by atoms with van der Waals surface area (Å²) in [7, 11) is -1.76. The smallest absolute Gasteiger partial charge is 0.184 e. The maximum Gasteiger partial charge on any atom is 0.184 e. The van der Waals surface area contributed by atoms with Crippen LogP contribution in [0.3, 0.4) is 0 Å². The van der Waals surface area contributed by atoms with Gasteiger partial charge in [-0.15, -0.1) is 0 Å². The van der Waals surface area contributed by atoms with E-state index in [0.29, 0.717) is 0 Å². The molecule has 0 spiro atoms. The lowest BCUT2D eigenvalue weighted by molar-refractivity contribution is 0.531. The van der Waals surface area contributed by atoms with Crippen molar-refractivity contribution in [2.24, 2.45) is 0 Å². The quantitative estimate of drug-likeness (QED) is 0.916. The van der Waals surface area contributed by atoms with E-state index in [9.17, 15) is 8.42 Å². The number of benzene rings is 2. The number of hydrogen-bond donors (Lipinski definition) is 1. The zero-order valence-corrected chi connectivity index (χ0v) is 13.5. The summed E-state index contributed by atoms with van der Waals surface area (Å²) in [6.07, 6.45) is 0. The van der Waals surface area contributed by atoms with E-state index in [4.69, 9.17) is 11.6 Å². The largest absolute Gasteiger partial charge is 0.312 e. The van der Waals surface area contributed by atoms with Gasteiger partial charge in [0.2, 0.25) is 0 Å². The molecule has 3 nitrogen and oxygen atoms in total. The first kappa shape index (κ1) is 16.0. The Balaban J connectivity index is 2.42. The van der Waals surface area contributed by atoms with Gasteiger partial charge < -0.3 is 5.32 Å². The Morgan fingerprint density at radius 1 is 1.00 bits per heavy atom. The Bertz CT molecular complexity index is 701. The molecule has 0 heterocycles. The van der Waals surface area contributed by atoms with Crippen LogP contribution in [0.25, 0.3) is 0 Å². The zero-order valence-electron chi connectivity index (χ0n) is 12.0. The van der Waals surface area contributed by atoms with E-state index in [2.05, 4.69) is 5.32 Å². The minimum absolute atomic E-state index is 0.176. The number of sulfone groups is 1. The van der Waals surface area contributed by atoms with Crippen molar-refractivity contribution in [1.82, 2.24) is 5.32 Å². The molecule has 2 aromatic rings. The summed E-state index contributed by atoms with van der Waals surface area (Å²) >= 11 is 6.05. The van der Waals surface area contributed by atoms with Gasteiger partial charge in [0.05, 0.1) is 15.2 Å². The third kappa shape index (κ3) is 3.28. The average molecular weight is 324 g/mol. The van der Waals surface area contributed by atoms with Crippen molar-refractivity contribution in [3.05, 3.63) is 65.2 Å². The number of halogens is 1. The van der Waals surface area contributed by atoms with E-state index >= 15 is 0 Å². The number of hydrogen-bond acceptors (Lipinski definition) is 3. The predicted octanol–water partition coefficient (Wildman–Crippen LogP) is 3.46. The Morgan fingerprint density at radius 2 is 1.57 bits per heavy atom. The van der Waals surface area contributed by atoms with Crippen molar-refractivity contribution < 1.29 is 8.42 Å². The maximum absolute atomic E-state index is 12.8. The van der Waals surface area contributed by atoms with Gasteiger partial charge >= 0.3 is 0 Å². The minimum Gasteiger partial charge on any atom is -0.312 e. The van der Waals surface area contributed by atoms with E-state index in [1.54, 1.807) is 38.2 Å². The van der Waals surface area contributed by atoms with Crippen molar-refractivity contribution in [2.45, 2.75) is 23.1 Å². The Morgan fingerprint density at radius 3 is 2.14 bits per heavy atom. The third-order valence-electron chi connectivity index (χ3n) is 3.57. The molecule has 0 saturated carbocycles. The highest BCUT2D eigenvalue weighted by molar-refractivity contribution is 7.92. The normalized spacial score (nSPS) is 14.6. The van der Waals surface area contributed by atoms with Crippen LogP contribution in [0.4, 0.5) is 0 Å². The van der Waals surface area contributed by atoms with Crippen LogP contribution in [0.15, 0.2) is 59.5 Å². The topological polar surface area (TPSA) is 46.2 Å². The highest BCUT2D eigenvalue weighted by Crippen LogP contribution is 2.30. The van der Waals surface area contributed by atoms with E-state index in [1.807, 2.05) is 30.3 Å². The molecule has 2 aromatic carbocycles. The molecule has 0 radical (unpaired) electrons. The van der Waals surface area contributed by atoms with Gasteiger partial charge in [0.1, 0.15) is 0 Å². The molecule has 2 unspecified atom stereocenters. The summed E-state index contributed by atoms with van der Waals surface area (Å²) in [6, 6.07) is 15.8. The highest BCUT2D eigenvalue weighted by atomic mass is 35.5. The summed E-state index contributed by atoms with van der Waals surface area (Å²) in [5.74, 6) is 0. The fraction of sp³-hybridized carbons (Fsp3) is 0.250. The average Bonchev–Trinajstić information content (AvgIpc) is 2.49. The lowest BCUT2D eigenvalue weighted by Gasteiger charge is -2.24. The molecular weight excluding hydrogens is 306 g/mol. The molecule has 0 aromatic heterocycles. The standard InChI is InChI=1S/C16H18ClNO2S/c1-12(16(18-2)13-8-4-3-5-9-13)21(19,20)15-11-7-6-10-14(15)17/h3-12,16,18H,1-2H3. The van der Waals surface area contributed by atoms with Crippen molar-refractivity contribution >= 4 is 21.4 Å². The van der Waals surface area contributed by atoms with Crippen LogP contribution in [0.2, 0.25) is 5.02 Å². The van der Waals surface area contributed by atoms with Gasteiger partial charge in [-0.1, -0.05) is 54.1 Å². The van der Waals surface area contributed by atoms with Gasteiger partial charge in [-0.2, -0.15) is 0 Å². The highest BCUT2D eigenvalue weighted by Gasteiger charge is 2.32. The molecular formula is C16H18ClNO2S. The molecule has 5 heteroatoms. The van der Waals surface area contributed by atoms with Crippen LogP contribution in [0, 0.1) is 0 Å². The monoisotopic (exact) mass is 323 g/mol. The van der Waals surface area contributed by atoms with Gasteiger partial charge in [-0.05, 0) is 31.7 Å². The molecule has 0 saturated heterocycles. The summed E-state index contributed by atoms with van der Waals surface area (Å²) in [4.78, 5) is 0.176. The van der Waals surface area contributed by atoms with Crippen LogP contribution >= 0.6 is 11.6 Å². The molecule has 2 rings (SSSR count). The van der Waals surface area contributed by atoms with E-state index in [1.165, 1.54) is 0 Å². The van der Waals surface area contributed by atoms with E-state index in [-0.39, 0.29) is 16.0 Å². The lowest BCUT2D eigenvalue weighted by atomic mass is 10.0. The Kier molecular flexibility index (Phi) is 5.04. The van der Waals surface area contributed by atoms with E-state index < -0.39 is 15.1 Å². The van der Waals surface area contributed by atoms with Crippen LogP contribution < -0.4 is 5.32 Å². The lowest BCUT2D eigenvalue weighted by Crippen LogP contribution is -2.33. The summed E-state index contributed by atoms with van der Waals surface area (Å²) in [5.41, 5.74) is 0.933. The van der Waals surface area contributed by atoms with Gasteiger partial charge in [0, 0.05) is 6.04 Å². The molecule has 1 N–H and O–H groups in total. The first-order valence-corrected chi connectivity index (χ1v) is 8.61. The van der Waals surface area contributed by atoms with Crippen molar-refractivity contribution in [1.29, 1.82) is 0 Å². The van der Waals surface area contributed by atoms with Crippen LogP contribution in [-0.2, 0) is 9.84 Å². The second kappa shape index (κ2) is 6.60. The van der Waals surface area contributed by atoms with Gasteiger partial charge in [0.25, 0.3) is 0 Å². The SMILES string of the molecule is CNC(c1ccccc1)C(C)S(=O)(=O)c1ccccc1Cl. The molecule has 0 aliphatic rings. The molecule has 0 bridgehead atoms. The summed E-state index contributed by atoms with van der Waals surface area (Å²) in [6.45, 7) is 1.70. The molecule has 0 aliphatic heterocycles. The van der Waals surface area contributed by atoms with Crippen molar-refractivity contribution in [3.63, 3.8) is 0 Å². The van der Waals surface area contributed by atoms with Crippen LogP contribution in [0.5, 0.6) is 0 Å². The molecule has 2 atom stereocenters. The molecule has 0 aliphatic carbocycles. The van der Waals surface area contributed by atoms with E-state index in [0.717, 1.165) is 5.56 Å². The molecule has 0 amide bonds. The van der Waals surface area contributed by atoms with Crippen molar-refractivity contribution in [3.8, 4) is 0 Å². The third-order valence-corrected chi connectivity index (χ3v) is 6.23. The summed E-state index contributed by atoms with van der Waals surface area (Å²) < 4.78 is 25.6. The molecule has 0 fully saturated rings. The second-order valence-electron chi connectivity index (χ2n) is 4.86. The first-order valence-electron chi connectivity index (χ1n) is 6.69. The Hall–Kier alpha value is -1.36. The van der Waals surface area contributed by atoms with Crippen LogP contribution in [-0.4, -0.2) is 20.7 Å². The number of nitrogens with one attached hydrogen (secondary N) is 1. The molecule has 112 valence electrons. The minimum atomic E-state index is -3.52. The van der Waals surface area contributed by atoms with Gasteiger partial charge in [-0.3, -0.25) is 0 Å². The maximum atomic E-state index is 12.8. The fourth-order valence-corrected chi connectivity index (χ4v) is 4.51. The first-order chi connectivity index (χ1) is 9.98. The molecule has 21 heavy (non-hydrogen) atoms. The fourth-order valence-electron chi connectivity index (χ4n) is 2.39. The number of rotatable bonds is 5. The van der Waals surface area contributed by atoms with Gasteiger partial charge in [-0.25, -0.2) is 8.42 Å². The second-order valence-corrected chi connectivity index (χ2v) is 7.54. The summed E-state index contributed by atoms with van der Waals surface area (Å²) in [5, 5.41) is 2.71. The van der Waals surface area contributed by atoms with Crippen LogP contribution in [0.1, 0.15) is 18.5 Å². The van der Waals surface area contributed by atoms with Gasteiger partial charge in [0.15, 0.2) is 9.84 Å². The predicted molar refractivity (Wildman–Crippen MR) is 86.3 cm³/mol. The Labute approximate surface area is 130 Å².